The molecule has 2 aromatic rings. The third kappa shape index (κ3) is 27.8. The fraction of sp³-hybridized carbons (Fsp3) is 0.654. The van der Waals surface area contributed by atoms with Crippen LogP contribution in [0, 0.1) is 0 Å². The number of nitrogens with zero attached hydrogens (tertiary/aromatic N) is 2. The number of hydrogen-bond acceptors (Lipinski definition) is 2. The Hall–Kier alpha value is -2.74. The molecule has 0 N–H and O–H groups in total. The van der Waals surface area contributed by atoms with Gasteiger partial charge in [-0.15, -0.1) is 0 Å². The molecule has 0 amide bonds. The Morgan fingerprint density at radius 1 is 0.389 bits per heavy atom. The van der Waals surface area contributed by atoms with Crippen molar-refractivity contribution in [1.82, 2.24) is 0 Å². The summed E-state index contributed by atoms with van der Waals surface area (Å²) in [7, 11) is 0. The lowest BCUT2D eigenvalue weighted by Crippen LogP contribution is -1.99. The molecule has 0 saturated heterocycles. The van der Waals surface area contributed by atoms with Crippen molar-refractivity contribution in [3.05, 3.63) is 71.8 Å². The summed E-state index contributed by atoms with van der Waals surface area (Å²) in [5.74, 6) is 0. The molecule has 0 spiro atoms. The lowest BCUT2D eigenvalue weighted by Gasteiger charge is -2.03. The Balaban J connectivity index is 1.62. The average Bonchev–Trinajstić information content (AvgIpc) is 3.20. The molecule has 0 heterocycles. The smallest absolute Gasteiger partial charge is 0.0634 e. The Morgan fingerprint density at radius 3 is 1.09 bits per heavy atom. The van der Waals surface area contributed by atoms with Gasteiger partial charge in [0, 0.05) is 6.21 Å². The zero-order valence-corrected chi connectivity index (χ0v) is 35.8. The van der Waals surface area contributed by atoms with Crippen LogP contribution in [0.25, 0.3) is 12.2 Å². The maximum absolute atomic E-state index is 4.98. The van der Waals surface area contributed by atoms with Crippen molar-refractivity contribution in [2.24, 2.45) is 9.98 Å². The molecule has 0 fully saturated rings. The second kappa shape index (κ2) is 35.9. The number of unbranched alkanes of at least 4 members (excludes halogenated alkanes) is 27. The Kier molecular flexibility index (Phi) is 31.5. The van der Waals surface area contributed by atoms with Gasteiger partial charge in [-0.1, -0.05) is 230 Å². The van der Waals surface area contributed by atoms with E-state index in [1.807, 2.05) is 6.21 Å². The molecule has 0 aromatic heterocycles. The highest BCUT2D eigenvalue weighted by atomic mass is 14.8. The third-order valence-corrected chi connectivity index (χ3v) is 10.8. The molecule has 0 aliphatic heterocycles. The van der Waals surface area contributed by atoms with Crippen molar-refractivity contribution in [2.45, 2.75) is 220 Å². The molecule has 0 saturated carbocycles. The number of benzene rings is 2. The van der Waals surface area contributed by atoms with E-state index in [0.29, 0.717) is 0 Å². The zero-order valence-electron chi connectivity index (χ0n) is 35.8. The molecule has 2 aromatic carbocycles. The van der Waals surface area contributed by atoms with Crippen LogP contribution < -0.4 is 0 Å². The molecule has 302 valence electrons. The number of rotatable bonds is 36. The first-order valence-electron chi connectivity index (χ1n) is 23.4. The van der Waals surface area contributed by atoms with Gasteiger partial charge in [0.1, 0.15) is 0 Å². The summed E-state index contributed by atoms with van der Waals surface area (Å²) in [6.45, 7) is 6.83. The number of hydrogen-bond donors (Lipinski definition) is 0. The second-order valence-electron chi connectivity index (χ2n) is 16.0. The van der Waals surface area contributed by atoms with E-state index in [1.54, 1.807) is 0 Å². The highest BCUT2D eigenvalue weighted by Crippen LogP contribution is 2.19. The summed E-state index contributed by atoms with van der Waals surface area (Å²) in [5, 5.41) is 0. The average molecular weight is 737 g/mol. The van der Waals surface area contributed by atoms with Gasteiger partial charge >= 0.3 is 0 Å². The summed E-state index contributed by atoms with van der Waals surface area (Å²) in [5.41, 5.74) is 5.54. The molecule has 2 rings (SSSR count). The van der Waals surface area contributed by atoms with Crippen LogP contribution in [0.5, 0.6) is 0 Å². The van der Waals surface area contributed by atoms with Gasteiger partial charge in [-0.25, -0.2) is 0 Å². The molecular weight excluding hydrogens is 653 g/mol. The van der Waals surface area contributed by atoms with Gasteiger partial charge in [0.05, 0.1) is 17.1 Å². The molecule has 54 heavy (non-hydrogen) atoms. The van der Waals surface area contributed by atoms with Gasteiger partial charge in [0.2, 0.25) is 0 Å². The quantitative estimate of drug-likeness (QED) is 0.0492. The van der Waals surface area contributed by atoms with E-state index in [1.165, 1.54) is 191 Å². The van der Waals surface area contributed by atoms with E-state index in [9.17, 15) is 0 Å². The van der Waals surface area contributed by atoms with Gasteiger partial charge in [-0.2, -0.15) is 0 Å². The van der Waals surface area contributed by atoms with Crippen LogP contribution >= 0.6 is 0 Å². The Labute approximate surface area is 335 Å². The maximum Gasteiger partial charge on any atom is 0.0634 e. The van der Waals surface area contributed by atoms with Gasteiger partial charge < -0.3 is 0 Å². The molecule has 0 radical (unpaired) electrons. The number of aliphatic imine (C=N–C) groups is 2. The zero-order chi connectivity index (χ0) is 38.4. The molecule has 0 aliphatic carbocycles. The Bertz CT molecular complexity index is 1220. The van der Waals surface area contributed by atoms with Crippen LogP contribution in [-0.4, -0.2) is 11.9 Å². The van der Waals surface area contributed by atoms with Crippen molar-refractivity contribution in [1.29, 1.82) is 0 Å². The van der Waals surface area contributed by atoms with Crippen LogP contribution in [-0.2, 0) is 0 Å². The summed E-state index contributed by atoms with van der Waals surface area (Å²) in [6.07, 6.45) is 53.4. The fourth-order valence-electron chi connectivity index (χ4n) is 7.15. The van der Waals surface area contributed by atoms with Crippen molar-refractivity contribution in [3.63, 3.8) is 0 Å². The van der Waals surface area contributed by atoms with Crippen LogP contribution in [0.1, 0.15) is 231 Å². The molecule has 0 aliphatic rings. The maximum atomic E-state index is 4.98. The molecule has 2 heteroatoms. The normalized spacial score (nSPS) is 12.3. The first kappa shape index (κ1) is 47.4. The highest BCUT2D eigenvalue weighted by molar-refractivity contribution is 6.31. The van der Waals surface area contributed by atoms with Crippen LogP contribution in [0.3, 0.4) is 0 Å². The largest absolute Gasteiger partial charge is 0.255 e. The molecule has 0 unspecified atom stereocenters. The fourth-order valence-corrected chi connectivity index (χ4v) is 7.15. The monoisotopic (exact) mass is 737 g/mol. The van der Waals surface area contributed by atoms with E-state index >= 15 is 0 Å². The lowest BCUT2D eigenvalue weighted by molar-refractivity contribution is 0.540. The minimum Gasteiger partial charge on any atom is -0.255 e. The topological polar surface area (TPSA) is 24.7 Å². The van der Waals surface area contributed by atoms with Gasteiger partial charge in [0.15, 0.2) is 0 Å². The summed E-state index contributed by atoms with van der Waals surface area (Å²) in [4.78, 5) is 9.79. The summed E-state index contributed by atoms with van der Waals surface area (Å²) >= 11 is 0. The van der Waals surface area contributed by atoms with Gasteiger partial charge in [0.25, 0.3) is 0 Å². The third-order valence-electron chi connectivity index (χ3n) is 10.8. The number of allylic oxidation sites excluding steroid dienone is 2. The van der Waals surface area contributed by atoms with Crippen molar-refractivity contribution >= 4 is 35.5 Å². The first-order valence-corrected chi connectivity index (χ1v) is 23.4. The van der Waals surface area contributed by atoms with Crippen molar-refractivity contribution in [2.75, 3.05) is 0 Å². The van der Waals surface area contributed by atoms with E-state index in [2.05, 4.69) is 93.6 Å². The first-order chi connectivity index (χ1) is 26.7. The van der Waals surface area contributed by atoms with Gasteiger partial charge in [-0.3, -0.25) is 9.98 Å². The Morgan fingerprint density at radius 2 is 0.722 bits per heavy atom. The predicted octanol–water partition coefficient (Wildman–Crippen LogP) is 18.3. The molecule has 0 bridgehead atoms. The molecular formula is C52H84N2. The molecule has 0 atom stereocenters. The SMILES string of the molecule is CCCCCCCCCCCCCCCC=Cc1ccc(N=CC(CCCC)=Nc2ccc(C=CCCCCCCCCCCCCCCC)cc2)cc1. The standard InChI is InChI=1S/C52H84N2/c1-4-7-10-12-14-16-18-20-22-24-26-28-30-32-34-36-48-39-43-50(44-40-48)53-47-52(38-9-6-3)54-51-45-41-49(42-46-51)37-35-33-31-29-27-25-23-21-19-17-15-13-11-8-5-2/h34-37,39-47H,4-33,38H2,1-3H3. The predicted molar refractivity (Wildman–Crippen MR) is 246 cm³/mol. The van der Waals surface area contributed by atoms with Crippen LogP contribution in [0.2, 0.25) is 0 Å². The van der Waals surface area contributed by atoms with E-state index in [4.69, 9.17) is 9.98 Å². The van der Waals surface area contributed by atoms with E-state index in [0.717, 1.165) is 36.3 Å². The van der Waals surface area contributed by atoms with E-state index < -0.39 is 0 Å². The van der Waals surface area contributed by atoms with Crippen molar-refractivity contribution < 1.29 is 0 Å². The summed E-state index contributed by atoms with van der Waals surface area (Å²) in [6, 6.07) is 17.3. The highest BCUT2D eigenvalue weighted by Gasteiger charge is 2.00. The molecule has 2 nitrogen and oxygen atoms in total. The van der Waals surface area contributed by atoms with Crippen LogP contribution in [0.15, 0.2) is 70.7 Å². The minimum absolute atomic E-state index is 0.945. The lowest BCUT2D eigenvalue weighted by atomic mass is 10.0. The minimum atomic E-state index is 0.945. The van der Waals surface area contributed by atoms with Gasteiger partial charge in [-0.05, 0) is 73.9 Å². The van der Waals surface area contributed by atoms with Crippen molar-refractivity contribution in [3.8, 4) is 0 Å². The van der Waals surface area contributed by atoms with Crippen LogP contribution in [0.4, 0.5) is 11.4 Å². The van der Waals surface area contributed by atoms with E-state index in [-0.39, 0.29) is 0 Å². The second-order valence-corrected chi connectivity index (χ2v) is 16.0. The summed E-state index contributed by atoms with van der Waals surface area (Å²) < 4.78 is 0.